The standard InChI is InChI=1S/C23H30N2O5S2/c1-17-8-9-20(16-22(17)32(29,30)25-14-6-4-5-7-15-25)23(26)24-18(2)19-10-12-21(13-11-19)31(3,27)28/h8-13,16,18H,4-7,14-15H2,1-3H3,(H,24,26)/t18-/m1/s1. The van der Waals surface area contributed by atoms with Gasteiger partial charge < -0.3 is 5.32 Å². The summed E-state index contributed by atoms with van der Waals surface area (Å²) >= 11 is 0. The van der Waals surface area contributed by atoms with Crippen LogP contribution in [0.3, 0.4) is 0 Å². The third-order valence-corrected chi connectivity index (χ3v) is 8.96. The molecule has 1 heterocycles. The van der Waals surface area contributed by atoms with E-state index in [4.69, 9.17) is 0 Å². The summed E-state index contributed by atoms with van der Waals surface area (Å²) in [6.45, 7) is 4.52. The van der Waals surface area contributed by atoms with Crippen molar-refractivity contribution in [2.24, 2.45) is 0 Å². The Bertz CT molecular complexity index is 1180. The first-order valence-electron chi connectivity index (χ1n) is 10.7. The van der Waals surface area contributed by atoms with Gasteiger partial charge in [-0.3, -0.25) is 4.79 Å². The molecule has 1 amide bonds. The highest BCUT2D eigenvalue weighted by molar-refractivity contribution is 7.90. The number of amides is 1. The van der Waals surface area contributed by atoms with Crippen molar-refractivity contribution in [3.8, 4) is 0 Å². The van der Waals surface area contributed by atoms with E-state index in [2.05, 4.69) is 5.32 Å². The Labute approximate surface area is 190 Å². The lowest BCUT2D eigenvalue weighted by Crippen LogP contribution is -2.33. The average Bonchev–Trinajstić information content (AvgIpc) is 3.03. The normalized spacial score (nSPS) is 16.8. The van der Waals surface area contributed by atoms with Crippen molar-refractivity contribution >= 4 is 25.8 Å². The van der Waals surface area contributed by atoms with Crippen molar-refractivity contribution < 1.29 is 21.6 Å². The molecular formula is C23H30N2O5S2. The molecule has 1 saturated heterocycles. The number of rotatable bonds is 6. The maximum Gasteiger partial charge on any atom is 0.251 e. The zero-order valence-corrected chi connectivity index (χ0v) is 20.3. The molecule has 3 rings (SSSR count). The maximum atomic E-state index is 13.2. The second kappa shape index (κ2) is 9.72. The van der Waals surface area contributed by atoms with Crippen LogP contribution in [0, 0.1) is 6.92 Å². The lowest BCUT2D eigenvalue weighted by molar-refractivity contribution is 0.0939. The van der Waals surface area contributed by atoms with Crippen LogP contribution in [0.5, 0.6) is 0 Å². The van der Waals surface area contributed by atoms with Gasteiger partial charge in [-0.2, -0.15) is 4.31 Å². The summed E-state index contributed by atoms with van der Waals surface area (Å²) in [4.78, 5) is 13.2. The van der Waals surface area contributed by atoms with Crippen LogP contribution in [-0.4, -0.2) is 46.4 Å². The lowest BCUT2D eigenvalue weighted by atomic mass is 10.1. The van der Waals surface area contributed by atoms with Gasteiger partial charge in [-0.15, -0.1) is 0 Å². The van der Waals surface area contributed by atoms with E-state index in [1.165, 1.54) is 22.5 Å². The van der Waals surface area contributed by atoms with Crippen molar-refractivity contribution in [2.75, 3.05) is 19.3 Å². The summed E-state index contributed by atoms with van der Waals surface area (Å²) in [5, 5.41) is 2.86. The van der Waals surface area contributed by atoms with Crippen LogP contribution >= 0.6 is 0 Å². The molecule has 1 fully saturated rings. The Morgan fingerprint density at radius 2 is 1.53 bits per heavy atom. The molecule has 0 bridgehead atoms. The van der Waals surface area contributed by atoms with E-state index in [9.17, 15) is 21.6 Å². The average molecular weight is 479 g/mol. The van der Waals surface area contributed by atoms with E-state index < -0.39 is 25.8 Å². The van der Waals surface area contributed by atoms with Crippen LogP contribution in [0.1, 0.15) is 60.1 Å². The molecule has 1 atom stereocenters. The van der Waals surface area contributed by atoms with Gasteiger partial charge >= 0.3 is 0 Å². The fourth-order valence-corrected chi connectivity index (χ4v) is 6.21. The molecule has 1 N–H and O–H groups in total. The van der Waals surface area contributed by atoms with Crippen LogP contribution in [0.15, 0.2) is 52.3 Å². The summed E-state index contributed by atoms with van der Waals surface area (Å²) in [5.41, 5.74) is 1.62. The molecule has 0 saturated carbocycles. The second-order valence-electron chi connectivity index (χ2n) is 8.33. The van der Waals surface area contributed by atoms with Crippen molar-refractivity contribution in [1.82, 2.24) is 9.62 Å². The van der Waals surface area contributed by atoms with Crippen molar-refractivity contribution in [2.45, 2.75) is 55.4 Å². The molecule has 9 heteroatoms. The molecular weight excluding hydrogens is 448 g/mol. The number of carbonyl (C=O) groups is 1. The van der Waals surface area contributed by atoms with Gasteiger partial charge in [0.2, 0.25) is 10.0 Å². The highest BCUT2D eigenvalue weighted by Gasteiger charge is 2.27. The van der Waals surface area contributed by atoms with Crippen molar-refractivity contribution in [3.05, 3.63) is 59.2 Å². The first kappa shape index (κ1) is 24.4. The van der Waals surface area contributed by atoms with E-state index in [1.807, 2.05) is 0 Å². The Balaban J connectivity index is 1.80. The molecule has 2 aromatic rings. The van der Waals surface area contributed by atoms with Gasteiger partial charge in [-0.1, -0.05) is 31.0 Å². The number of sulfone groups is 1. The summed E-state index contributed by atoms with van der Waals surface area (Å²) in [5.74, 6) is -0.392. The predicted molar refractivity (Wildman–Crippen MR) is 124 cm³/mol. The zero-order chi connectivity index (χ0) is 23.5. The number of aryl methyl sites for hydroxylation is 1. The molecule has 1 aliphatic rings. The Morgan fingerprint density at radius 3 is 2.09 bits per heavy atom. The SMILES string of the molecule is Cc1ccc(C(=O)N[C@H](C)c2ccc(S(C)(=O)=O)cc2)cc1S(=O)(=O)N1CCCCCC1. The highest BCUT2D eigenvalue weighted by atomic mass is 32.2. The number of carbonyl (C=O) groups excluding carboxylic acids is 1. The number of sulfonamides is 1. The summed E-state index contributed by atoms with van der Waals surface area (Å²) in [6, 6.07) is 10.7. The minimum atomic E-state index is -3.68. The minimum Gasteiger partial charge on any atom is -0.346 e. The Morgan fingerprint density at radius 1 is 0.938 bits per heavy atom. The minimum absolute atomic E-state index is 0.164. The molecule has 2 aromatic carbocycles. The first-order valence-corrected chi connectivity index (χ1v) is 14.0. The second-order valence-corrected chi connectivity index (χ2v) is 12.3. The van der Waals surface area contributed by atoms with E-state index in [-0.39, 0.29) is 21.4 Å². The topological polar surface area (TPSA) is 101 Å². The maximum absolute atomic E-state index is 13.2. The fraction of sp³-hybridized carbons (Fsp3) is 0.435. The van der Waals surface area contributed by atoms with Crippen molar-refractivity contribution in [1.29, 1.82) is 0 Å². The van der Waals surface area contributed by atoms with Crippen LogP contribution in [0.25, 0.3) is 0 Å². The predicted octanol–water partition coefficient (Wildman–Crippen LogP) is 3.45. The Hall–Kier alpha value is -2.23. The van der Waals surface area contributed by atoms with Crippen molar-refractivity contribution in [3.63, 3.8) is 0 Å². The van der Waals surface area contributed by atoms with E-state index in [0.717, 1.165) is 37.5 Å². The van der Waals surface area contributed by atoms with Gasteiger partial charge in [-0.25, -0.2) is 16.8 Å². The molecule has 0 spiro atoms. The Kier molecular flexibility index (Phi) is 7.42. The number of nitrogens with one attached hydrogen (secondary N) is 1. The van der Waals surface area contributed by atoms with Gasteiger partial charge in [0.1, 0.15) is 0 Å². The molecule has 0 radical (unpaired) electrons. The summed E-state index contributed by atoms with van der Waals surface area (Å²) in [7, 11) is -6.97. The summed E-state index contributed by atoms with van der Waals surface area (Å²) < 4.78 is 51.3. The van der Waals surface area contributed by atoms with E-state index in [0.29, 0.717) is 18.7 Å². The molecule has 0 aromatic heterocycles. The van der Waals surface area contributed by atoms with Gasteiger partial charge in [0.25, 0.3) is 5.91 Å². The summed E-state index contributed by atoms with van der Waals surface area (Å²) in [6.07, 6.45) is 4.87. The van der Waals surface area contributed by atoms with Crippen LogP contribution in [0.2, 0.25) is 0 Å². The first-order chi connectivity index (χ1) is 15.0. The largest absolute Gasteiger partial charge is 0.346 e. The highest BCUT2D eigenvalue weighted by Crippen LogP contribution is 2.25. The lowest BCUT2D eigenvalue weighted by Gasteiger charge is -2.22. The van der Waals surface area contributed by atoms with Gasteiger partial charge in [0, 0.05) is 24.9 Å². The molecule has 1 aliphatic heterocycles. The zero-order valence-electron chi connectivity index (χ0n) is 18.7. The third kappa shape index (κ3) is 5.57. The van der Waals surface area contributed by atoms with Gasteiger partial charge in [0.05, 0.1) is 15.8 Å². The number of hydrogen-bond donors (Lipinski definition) is 1. The van der Waals surface area contributed by atoms with Crippen LogP contribution in [-0.2, 0) is 19.9 Å². The van der Waals surface area contributed by atoms with E-state index in [1.54, 1.807) is 38.1 Å². The van der Waals surface area contributed by atoms with Crippen LogP contribution < -0.4 is 5.32 Å². The number of benzene rings is 2. The smallest absolute Gasteiger partial charge is 0.251 e. The van der Waals surface area contributed by atoms with Gasteiger partial charge in [0.15, 0.2) is 9.84 Å². The van der Waals surface area contributed by atoms with Gasteiger partial charge in [-0.05, 0) is 62.1 Å². The quantitative estimate of drug-likeness (QED) is 0.685. The molecule has 174 valence electrons. The molecule has 7 nitrogen and oxygen atoms in total. The number of nitrogens with zero attached hydrogens (tertiary/aromatic N) is 1. The third-order valence-electron chi connectivity index (χ3n) is 5.79. The number of hydrogen-bond acceptors (Lipinski definition) is 5. The molecule has 32 heavy (non-hydrogen) atoms. The van der Waals surface area contributed by atoms with Crippen LogP contribution in [0.4, 0.5) is 0 Å². The monoisotopic (exact) mass is 478 g/mol. The molecule has 0 unspecified atom stereocenters. The fourth-order valence-electron chi connectivity index (χ4n) is 3.81. The van der Waals surface area contributed by atoms with E-state index >= 15 is 0 Å². The molecule has 0 aliphatic carbocycles.